The fourth-order valence-electron chi connectivity index (χ4n) is 3.66. The first-order chi connectivity index (χ1) is 14.9. The van der Waals surface area contributed by atoms with Crippen molar-refractivity contribution in [2.75, 3.05) is 25.0 Å². The van der Waals surface area contributed by atoms with Crippen LogP contribution >= 0.6 is 0 Å². The highest BCUT2D eigenvalue weighted by atomic mass is 16.6. The van der Waals surface area contributed by atoms with E-state index in [1.54, 1.807) is 13.1 Å². The first kappa shape index (κ1) is 24.7. The van der Waals surface area contributed by atoms with Crippen LogP contribution in [-0.2, 0) is 21.6 Å². The molecule has 0 atom stereocenters. The number of amides is 1. The van der Waals surface area contributed by atoms with Gasteiger partial charge in [-0.3, -0.25) is 14.2 Å². The first-order valence-electron chi connectivity index (χ1n) is 10.2. The molecule has 3 rings (SSSR count). The van der Waals surface area contributed by atoms with Gasteiger partial charge < -0.3 is 26.9 Å². The first-order valence-corrected chi connectivity index (χ1v) is 10.2. The number of guanidine groups is 1. The fourth-order valence-corrected chi connectivity index (χ4v) is 3.66. The number of hydrogen-bond donors (Lipinski definition) is 4. The molecule has 0 saturated heterocycles. The maximum Gasteiger partial charge on any atom is 0.293 e. The molecule has 1 saturated carbocycles. The van der Waals surface area contributed by atoms with E-state index in [4.69, 9.17) is 16.3 Å². The molecule has 1 amide bonds. The number of nitrogens with one attached hydrogen (secondary N) is 2. The lowest BCUT2D eigenvalue weighted by Gasteiger charge is -2.42. The molecule has 0 unspecified atom stereocenters. The lowest BCUT2D eigenvalue weighted by molar-refractivity contribution is -0.122. The highest BCUT2D eigenvalue weighted by Gasteiger charge is 2.38. The second kappa shape index (κ2) is 11.2. The molecule has 0 spiro atoms. The van der Waals surface area contributed by atoms with Crippen LogP contribution in [0.15, 0.2) is 46.5 Å². The third-order valence-corrected chi connectivity index (χ3v) is 5.53. The minimum absolute atomic E-state index is 0. The smallest absolute Gasteiger partial charge is 0.293 e. The van der Waals surface area contributed by atoms with E-state index in [2.05, 4.69) is 32.9 Å². The highest BCUT2D eigenvalue weighted by molar-refractivity contribution is 5.76. The summed E-state index contributed by atoms with van der Waals surface area (Å²) in [4.78, 5) is 34.2. The number of rotatable bonds is 10. The van der Waals surface area contributed by atoms with Gasteiger partial charge in [0.15, 0.2) is 5.82 Å². The molecule has 1 fully saturated rings. The summed E-state index contributed by atoms with van der Waals surface area (Å²) in [7, 11) is 0. The Labute approximate surface area is 188 Å². The van der Waals surface area contributed by atoms with Gasteiger partial charge in [0.2, 0.25) is 11.9 Å². The van der Waals surface area contributed by atoms with Crippen LogP contribution in [0.4, 0.5) is 5.82 Å². The molecule has 1 aliphatic carbocycles. The van der Waals surface area contributed by atoms with Crippen LogP contribution in [-0.4, -0.2) is 41.1 Å². The fraction of sp³-hybridized carbons (Fsp3) is 0.455. The Bertz CT molecular complexity index is 981. The SMILES string of the molecule is C.Cc1cnc(NCC2(c3ccccc3)CCC2)c(=O)n1CC(=O)NCCON=C(N)N. The lowest BCUT2D eigenvalue weighted by atomic mass is 9.64. The van der Waals surface area contributed by atoms with Gasteiger partial charge in [0.25, 0.3) is 5.56 Å². The van der Waals surface area contributed by atoms with E-state index in [9.17, 15) is 9.59 Å². The standard InChI is InChI=1S/C21H29N7O3.CH4/c1-15-12-25-18(26-14-21(8-5-9-21)16-6-3-2-4-7-16)19(30)28(15)13-17(29)24-10-11-31-27-20(22)23;/h2-4,6-7,12H,5,8-11,13-14H2,1H3,(H,24,29)(H,25,26)(H4,22,23,27);1H4. The second-order valence-corrected chi connectivity index (χ2v) is 7.69. The molecule has 1 heterocycles. The average molecular weight is 444 g/mol. The van der Waals surface area contributed by atoms with E-state index >= 15 is 0 Å². The topological polar surface area (TPSA) is 150 Å². The summed E-state index contributed by atoms with van der Waals surface area (Å²) < 4.78 is 1.40. The van der Waals surface area contributed by atoms with Gasteiger partial charge >= 0.3 is 0 Å². The van der Waals surface area contributed by atoms with E-state index in [1.165, 1.54) is 10.1 Å². The zero-order valence-corrected chi connectivity index (χ0v) is 17.6. The Morgan fingerprint density at radius 2 is 2.00 bits per heavy atom. The van der Waals surface area contributed by atoms with Crippen molar-refractivity contribution in [1.82, 2.24) is 14.9 Å². The number of carbonyl (C=O) groups is 1. The molecule has 2 aromatic rings. The summed E-state index contributed by atoms with van der Waals surface area (Å²) in [6, 6.07) is 10.3. The van der Waals surface area contributed by atoms with E-state index in [1.807, 2.05) is 18.2 Å². The van der Waals surface area contributed by atoms with Crippen LogP contribution in [0.25, 0.3) is 0 Å². The van der Waals surface area contributed by atoms with E-state index in [-0.39, 0.29) is 55.8 Å². The molecule has 10 nitrogen and oxygen atoms in total. The maximum atomic E-state index is 12.9. The van der Waals surface area contributed by atoms with Crippen molar-refractivity contribution in [3.63, 3.8) is 0 Å². The summed E-state index contributed by atoms with van der Waals surface area (Å²) in [6.45, 7) is 2.57. The summed E-state index contributed by atoms with van der Waals surface area (Å²) >= 11 is 0. The molecule has 0 bridgehead atoms. The van der Waals surface area contributed by atoms with Crippen LogP contribution in [0.3, 0.4) is 0 Å². The Kier molecular flexibility index (Phi) is 8.62. The molecule has 0 radical (unpaired) electrons. The number of aromatic nitrogens is 2. The number of oxime groups is 1. The second-order valence-electron chi connectivity index (χ2n) is 7.69. The molecular formula is C22H33N7O3. The van der Waals surface area contributed by atoms with Crippen LogP contribution in [0.1, 0.15) is 37.9 Å². The molecule has 32 heavy (non-hydrogen) atoms. The van der Waals surface area contributed by atoms with Gasteiger partial charge in [0.1, 0.15) is 13.2 Å². The number of hydrogen-bond acceptors (Lipinski definition) is 6. The number of benzene rings is 1. The molecule has 10 heteroatoms. The largest absolute Gasteiger partial charge is 0.391 e. The maximum absolute atomic E-state index is 12.9. The number of aryl methyl sites for hydroxylation is 1. The van der Waals surface area contributed by atoms with Gasteiger partial charge in [0.05, 0.1) is 6.54 Å². The molecule has 1 aromatic heterocycles. The van der Waals surface area contributed by atoms with Crippen molar-refractivity contribution in [2.45, 2.75) is 45.6 Å². The zero-order chi connectivity index (χ0) is 22.3. The highest BCUT2D eigenvalue weighted by Crippen LogP contribution is 2.43. The number of nitrogens with two attached hydrogens (primary N) is 2. The van der Waals surface area contributed by atoms with Crippen molar-refractivity contribution in [3.05, 3.63) is 58.1 Å². The zero-order valence-electron chi connectivity index (χ0n) is 17.6. The summed E-state index contributed by atoms with van der Waals surface area (Å²) in [5, 5.41) is 9.26. The van der Waals surface area contributed by atoms with E-state index < -0.39 is 0 Å². The third-order valence-electron chi connectivity index (χ3n) is 5.53. The summed E-state index contributed by atoms with van der Waals surface area (Å²) in [6.07, 6.45) is 4.88. The van der Waals surface area contributed by atoms with Crippen molar-refractivity contribution < 1.29 is 9.63 Å². The van der Waals surface area contributed by atoms with Crippen LogP contribution in [0.2, 0.25) is 0 Å². The molecule has 174 valence electrons. The molecular weight excluding hydrogens is 410 g/mol. The molecule has 0 aliphatic heterocycles. The Hall–Kier alpha value is -3.56. The molecule has 1 aromatic carbocycles. The van der Waals surface area contributed by atoms with Crippen LogP contribution in [0.5, 0.6) is 0 Å². The summed E-state index contributed by atoms with van der Waals surface area (Å²) in [5.74, 6) is -0.270. The average Bonchev–Trinajstić information content (AvgIpc) is 2.72. The van der Waals surface area contributed by atoms with Crippen molar-refractivity contribution in [3.8, 4) is 0 Å². The minimum Gasteiger partial charge on any atom is -0.391 e. The quantitative estimate of drug-likeness (QED) is 0.185. The van der Waals surface area contributed by atoms with Gasteiger partial charge in [-0.15, -0.1) is 0 Å². The minimum atomic E-state index is -0.325. The Morgan fingerprint density at radius 1 is 1.28 bits per heavy atom. The van der Waals surface area contributed by atoms with Gasteiger partial charge in [-0.05, 0) is 30.5 Å². The van der Waals surface area contributed by atoms with Gasteiger partial charge in [-0.1, -0.05) is 44.2 Å². The molecule has 1 aliphatic rings. The van der Waals surface area contributed by atoms with Gasteiger partial charge in [-0.25, -0.2) is 4.98 Å². The number of carbonyl (C=O) groups excluding carboxylic acids is 1. The van der Waals surface area contributed by atoms with Crippen LogP contribution < -0.4 is 27.7 Å². The van der Waals surface area contributed by atoms with Crippen LogP contribution in [0, 0.1) is 6.92 Å². The predicted molar refractivity (Wildman–Crippen MR) is 125 cm³/mol. The van der Waals surface area contributed by atoms with Gasteiger partial charge in [0, 0.05) is 23.9 Å². The predicted octanol–water partition coefficient (Wildman–Crippen LogP) is 1.04. The Balaban J connectivity index is 0.00000363. The number of anilines is 1. The molecule has 6 N–H and O–H groups in total. The van der Waals surface area contributed by atoms with Crippen molar-refractivity contribution in [2.24, 2.45) is 16.6 Å². The third kappa shape index (κ3) is 5.99. The number of nitrogens with zero attached hydrogens (tertiary/aromatic N) is 3. The monoisotopic (exact) mass is 443 g/mol. The van der Waals surface area contributed by atoms with Crippen molar-refractivity contribution >= 4 is 17.7 Å². The van der Waals surface area contributed by atoms with E-state index in [0.717, 1.165) is 19.3 Å². The lowest BCUT2D eigenvalue weighted by Crippen LogP contribution is -2.42. The van der Waals surface area contributed by atoms with Crippen molar-refractivity contribution in [1.29, 1.82) is 0 Å². The summed E-state index contributed by atoms with van der Waals surface area (Å²) in [5.41, 5.74) is 11.8. The van der Waals surface area contributed by atoms with Gasteiger partial charge in [-0.2, -0.15) is 0 Å². The normalized spacial score (nSPS) is 13.8. The Morgan fingerprint density at radius 3 is 2.62 bits per heavy atom. The van der Waals surface area contributed by atoms with E-state index in [0.29, 0.717) is 12.2 Å².